The maximum atomic E-state index is 11.0. The van der Waals surface area contributed by atoms with Gasteiger partial charge in [0, 0.05) is 0 Å². The first kappa shape index (κ1) is 11.9. The molecule has 4 heteroatoms. The van der Waals surface area contributed by atoms with E-state index < -0.39 is 12.0 Å². The number of amides is 1. The summed E-state index contributed by atoms with van der Waals surface area (Å²) < 4.78 is 6.33. The third kappa shape index (κ3) is 2.42. The molecule has 17 heavy (non-hydrogen) atoms. The molecule has 0 aliphatic carbocycles. The number of halogens is 1. The Morgan fingerprint density at radius 1 is 1.29 bits per heavy atom. The van der Waals surface area contributed by atoms with E-state index in [-0.39, 0.29) is 0 Å². The molecule has 0 aliphatic rings. The van der Waals surface area contributed by atoms with Crippen molar-refractivity contribution in [2.75, 3.05) is 0 Å². The van der Waals surface area contributed by atoms with Crippen LogP contribution in [0.2, 0.25) is 0 Å². The molecular weight excluding hydrogens is 282 g/mol. The summed E-state index contributed by atoms with van der Waals surface area (Å²) in [6.45, 7) is 1.63. The molecule has 88 valence electrons. The predicted octanol–water partition coefficient (Wildman–Crippen LogP) is 2.85. The molecule has 1 atom stereocenters. The minimum absolute atomic E-state index is 0.481. The number of fused-ring (bicyclic) bond motifs is 1. The molecule has 2 rings (SSSR count). The lowest BCUT2D eigenvalue weighted by atomic mass is 10.1. The third-order valence-electron chi connectivity index (χ3n) is 2.53. The molecule has 0 spiro atoms. The van der Waals surface area contributed by atoms with Gasteiger partial charge in [-0.1, -0.05) is 30.3 Å². The van der Waals surface area contributed by atoms with Crippen LogP contribution >= 0.6 is 15.9 Å². The van der Waals surface area contributed by atoms with Crippen molar-refractivity contribution in [1.29, 1.82) is 0 Å². The minimum Gasteiger partial charge on any atom is -0.480 e. The van der Waals surface area contributed by atoms with Crippen molar-refractivity contribution in [1.82, 2.24) is 0 Å². The number of primary amides is 1. The van der Waals surface area contributed by atoms with Crippen molar-refractivity contribution in [3.63, 3.8) is 0 Å². The normalized spacial score (nSPS) is 12.4. The van der Waals surface area contributed by atoms with Crippen LogP contribution in [0.5, 0.6) is 5.75 Å². The third-order valence-corrected chi connectivity index (χ3v) is 3.35. The molecule has 2 aromatic carbocycles. The summed E-state index contributed by atoms with van der Waals surface area (Å²) in [6, 6.07) is 11.7. The number of nitrogens with two attached hydrogens (primary N) is 1. The fourth-order valence-corrected chi connectivity index (χ4v) is 2.14. The fraction of sp³-hybridized carbons (Fsp3) is 0.154. The monoisotopic (exact) mass is 293 g/mol. The van der Waals surface area contributed by atoms with E-state index in [9.17, 15) is 4.79 Å². The molecule has 1 amide bonds. The van der Waals surface area contributed by atoms with Crippen LogP contribution in [0.25, 0.3) is 10.8 Å². The van der Waals surface area contributed by atoms with Gasteiger partial charge in [-0.25, -0.2) is 0 Å². The van der Waals surface area contributed by atoms with Crippen LogP contribution in [-0.2, 0) is 4.79 Å². The van der Waals surface area contributed by atoms with Crippen LogP contribution in [0, 0.1) is 0 Å². The lowest BCUT2D eigenvalue weighted by Gasteiger charge is -2.13. The molecule has 0 fully saturated rings. The molecule has 3 nitrogen and oxygen atoms in total. The molecule has 0 unspecified atom stereocenters. The minimum atomic E-state index is -0.646. The topological polar surface area (TPSA) is 52.3 Å². The Morgan fingerprint density at radius 2 is 2.00 bits per heavy atom. The van der Waals surface area contributed by atoms with Crippen molar-refractivity contribution in [3.05, 3.63) is 40.9 Å². The highest BCUT2D eigenvalue weighted by atomic mass is 79.9. The number of ether oxygens (including phenoxy) is 1. The Balaban J connectivity index is 2.42. The Kier molecular flexibility index (Phi) is 3.33. The number of benzene rings is 2. The molecule has 2 aromatic rings. The van der Waals surface area contributed by atoms with E-state index >= 15 is 0 Å². The zero-order valence-corrected chi connectivity index (χ0v) is 10.9. The van der Waals surface area contributed by atoms with E-state index in [1.165, 1.54) is 0 Å². The standard InChI is InChI=1S/C13H12BrNO2/c1-8(13(15)16)17-11-7-6-9-4-2-3-5-10(9)12(11)14/h2-8H,1H3,(H2,15,16)/t8-/m1/s1. The van der Waals surface area contributed by atoms with Crippen molar-refractivity contribution in [2.45, 2.75) is 13.0 Å². The molecule has 0 heterocycles. The second-order valence-corrected chi connectivity index (χ2v) is 4.55. The van der Waals surface area contributed by atoms with Gasteiger partial charge in [-0.05, 0) is 39.7 Å². The van der Waals surface area contributed by atoms with E-state index in [2.05, 4.69) is 15.9 Å². The Hall–Kier alpha value is -1.55. The summed E-state index contributed by atoms with van der Waals surface area (Å²) in [5.74, 6) is 0.139. The molecule has 0 radical (unpaired) electrons. The summed E-state index contributed by atoms with van der Waals surface area (Å²) >= 11 is 3.48. The number of carbonyl (C=O) groups excluding carboxylic acids is 1. The number of hydrogen-bond acceptors (Lipinski definition) is 2. The predicted molar refractivity (Wildman–Crippen MR) is 70.9 cm³/mol. The maximum absolute atomic E-state index is 11.0. The molecule has 0 saturated carbocycles. The van der Waals surface area contributed by atoms with Gasteiger partial charge in [0.2, 0.25) is 0 Å². The highest BCUT2D eigenvalue weighted by Crippen LogP contribution is 2.33. The van der Waals surface area contributed by atoms with Gasteiger partial charge in [-0.3, -0.25) is 4.79 Å². The zero-order chi connectivity index (χ0) is 12.4. The van der Waals surface area contributed by atoms with Crippen molar-refractivity contribution in [2.24, 2.45) is 5.73 Å². The van der Waals surface area contributed by atoms with Gasteiger partial charge in [-0.15, -0.1) is 0 Å². The van der Waals surface area contributed by atoms with Crippen LogP contribution in [0.4, 0.5) is 0 Å². The summed E-state index contributed by atoms with van der Waals surface area (Å²) in [7, 11) is 0. The second kappa shape index (κ2) is 4.75. The van der Waals surface area contributed by atoms with E-state index in [1.54, 1.807) is 6.92 Å². The number of hydrogen-bond donors (Lipinski definition) is 1. The van der Waals surface area contributed by atoms with Crippen molar-refractivity contribution >= 4 is 32.6 Å². The second-order valence-electron chi connectivity index (χ2n) is 3.76. The summed E-state index contributed by atoms with van der Waals surface area (Å²) in [6.07, 6.45) is -0.646. The van der Waals surface area contributed by atoms with Gasteiger partial charge in [-0.2, -0.15) is 0 Å². The van der Waals surface area contributed by atoms with Gasteiger partial charge < -0.3 is 10.5 Å². The first-order valence-electron chi connectivity index (χ1n) is 5.23. The smallest absolute Gasteiger partial charge is 0.258 e. The largest absolute Gasteiger partial charge is 0.480 e. The fourth-order valence-electron chi connectivity index (χ4n) is 1.55. The van der Waals surface area contributed by atoms with Crippen molar-refractivity contribution in [3.8, 4) is 5.75 Å². The average molecular weight is 294 g/mol. The van der Waals surface area contributed by atoms with E-state index in [1.807, 2.05) is 36.4 Å². The molecular formula is C13H12BrNO2. The first-order valence-corrected chi connectivity index (χ1v) is 6.02. The summed E-state index contributed by atoms with van der Waals surface area (Å²) in [5.41, 5.74) is 5.17. The van der Waals surface area contributed by atoms with Gasteiger partial charge >= 0.3 is 0 Å². The maximum Gasteiger partial charge on any atom is 0.258 e. The Labute approximate surface area is 108 Å². The molecule has 2 N–H and O–H groups in total. The van der Waals surface area contributed by atoms with Crippen LogP contribution < -0.4 is 10.5 Å². The van der Waals surface area contributed by atoms with E-state index in [0.29, 0.717) is 5.75 Å². The van der Waals surface area contributed by atoms with E-state index in [4.69, 9.17) is 10.5 Å². The lowest BCUT2D eigenvalue weighted by molar-refractivity contribution is -0.123. The highest BCUT2D eigenvalue weighted by Gasteiger charge is 2.13. The molecule has 0 saturated heterocycles. The van der Waals surface area contributed by atoms with E-state index in [0.717, 1.165) is 15.2 Å². The molecule has 0 aliphatic heterocycles. The molecule has 0 bridgehead atoms. The van der Waals surface area contributed by atoms with Crippen LogP contribution in [0.15, 0.2) is 40.9 Å². The van der Waals surface area contributed by atoms with Crippen LogP contribution in [0.1, 0.15) is 6.92 Å². The lowest BCUT2D eigenvalue weighted by Crippen LogP contribution is -2.30. The van der Waals surface area contributed by atoms with Gasteiger partial charge in [0.15, 0.2) is 6.10 Å². The van der Waals surface area contributed by atoms with Crippen molar-refractivity contribution < 1.29 is 9.53 Å². The van der Waals surface area contributed by atoms with Crippen LogP contribution in [-0.4, -0.2) is 12.0 Å². The first-order chi connectivity index (χ1) is 8.09. The van der Waals surface area contributed by atoms with Crippen LogP contribution in [0.3, 0.4) is 0 Å². The Morgan fingerprint density at radius 3 is 2.71 bits per heavy atom. The number of carbonyl (C=O) groups is 1. The SMILES string of the molecule is C[C@@H](Oc1ccc2ccccc2c1Br)C(N)=O. The van der Waals surface area contributed by atoms with Gasteiger partial charge in [0.25, 0.3) is 5.91 Å². The van der Waals surface area contributed by atoms with Gasteiger partial charge in [0.05, 0.1) is 4.47 Å². The molecule has 0 aromatic heterocycles. The van der Waals surface area contributed by atoms with Gasteiger partial charge in [0.1, 0.15) is 5.75 Å². The average Bonchev–Trinajstić information content (AvgIpc) is 2.33. The zero-order valence-electron chi connectivity index (χ0n) is 9.31. The quantitative estimate of drug-likeness (QED) is 0.946. The highest BCUT2D eigenvalue weighted by molar-refractivity contribution is 9.10. The summed E-state index contributed by atoms with van der Waals surface area (Å²) in [5, 5.41) is 2.15. The number of rotatable bonds is 3. The summed E-state index contributed by atoms with van der Waals surface area (Å²) in [4.78, 5) is 11.0. The Bertz CT molecular complexity index is 568.